The number of hydrogen-bond acceptors (Lipinski definition) is 7. The number of anilines is 2. The molecule has 2 aromatic heterocycles. The van der Waals surface area contributed by atoms with Crippen LogP contribution in [-0.4, -0.2) is 28.3 Å². The highest BCUT2D eigenvalue weighted by Crippen LogP contribution is 2.28. The number of aryl methyl sites for hydroxylation is 1. The summed E-state index contributed by atoms with van der Waals surface area (Å²) in [6.45, 7) is 1.99. The average molecular weight is 555 g/mol. The molecular weight excluding hydrogens is 528 g/mol. The molecule has 9 nitrogen and oxygen atoms in total. The zero-order valence-electron chi connectivity index (χ0n) is 21.8. The number of carbonyl (C=O) groups is 2. The number of methoxy groups -OCH3 is 1. The van der Waals surface area contributed by atoms with Gasteiger partial charge in [-0.1, -0.05) is 55.0 Å². The number of hydrogen-bond donors (Lipinski definition) is 2. The van der Waals surface area contributed by atoms with Gasteiger partial charge in [-0.2, -0.15) is 0 Å². The average Bonchev–Trinajstić information content (AvgIpc) is 3.36. The number of nitrogens with zero attached hydrogens (tertiary/aromatic N) is 2. The van der Waals surface area contributed by atoms with Gasteiger partial charge >= 0.3 is 0 Å². The molecule has 5 aromatic rings. The summed E-state index contributed by atoms with van der Waals surface area (Å²) in [5, 5.41) is 5.59. The first kappa shape index (κ1) is 26.6. The van der Waals surface area contributed by atoms with Gasteiger partial charge in [0.05, 0.1) is 12.8 Å². The predicted molar refractivity (Wildman–Crippen MR) is 155 cm³/mol. The lowest BCUT2D eigenvalue weighted by Gasteiger charge is -2.11. The molecule has 40 heavy (non-hydrogen) atoms. The molecule has 5 rings (SSSR count). The molecule has 2 amide bonds. The summed E-state index contributed by atoms with van der Waals surface area (Å²) in [6, 6.07) is 24.5. The zero-order chi connectivity index (χ0) is 28.1. The Morgan fingerprint density at radius 1 is 0.900 bits per heavy atom. The number of nitrogens with one attached hydrogen (secondary N) is 2. The van der Waals surface area contributed by atoms with Crippen LogP contribution in [0.4, 0.5) is 11.4 Å². The number of ether oxygens (including phenoxy) is 2. The largest absolute Gasteiger partial charge is 0.495 e. The molecule has 0 saturated carbocycles. The van der Waals surface area contributed by atoms with Crippen molar-refractivity contribution in [3.63, 3.8) is 0 Å². The molecule has 202 valence electrons. The highest BCUT2D eigenvalue weighted by atomic mass is 32.1. The number of para-hydroxylation sites is 3. The molecule has 2 heterocycles. The van der Waals surface area contributed by atoms with Gasteiger partial charge in [-0.15, -0.1) is 0 Å². The van der Waals surface area contributed by atoms with Gasteiger partial charge in [-0.3, -0.25) is 14.4 Å². The minimum absolute atomic E-state index is 0.0512. The third-order valence-corrected chi connectivity index (χ3v) is 6.99. The fourth-order valence-corrected chi connectivity index (χ4v) is 5.16. The van der Waals surface area contributed by atoms with Crippen LogP contribution < -0.4 is 25.7 Å². The molecule has 10 heteroatoms. The van der Waals surface area contributed by atoms with E-state index in [0.717, 1.165) is 17.8 Å². The standard InChI is InChI=1S/C30H26N4O5S/c1-3-9-20-18-25(35)34-26(28(36)33-23-12-7-8-13-24(23)38-2)27(40-30(34)32-20)29(37)31-19-14-16-22(17-15-19)39-21-10-5-4-6-11-21/h4-8,10-18H,3,9H2,1-2H3,(H,31,37)(H,33,36). The van der Waals surface area contributed by atoms with E-state index in [1.807, 2.05) is 37.3 Å². The van der Waals surface area contributed by atoms with Crippen molar-refractivity contribution in [1.29, 1.82) is 0 Å². The topological polar surface area (TPSA) is 111 Å². The van der Waals surface area contributed by atoms with Gasteiger partial charge in [-0.05, 0) is 55.0 Å². The molecular formula is C30H26N4O5S. The molecule has 0 unspecified atom stereocenters. The summed E-state index contributed by atoms with van der Waals surface area (Å²) in [5.74, 6) is 0.543. The summed E-state index contributed by atoms with van der Waals surface area (Å²) in [5.41, 5.74) is 0.958. The maximum absolute atomic E-state index is 13.6. The van der Waals surface area contributed by atoms with E-state index in [2.05, 4.69) is 15.6 Å². The van der Waals surface area contributed by atoms with Crippen molar-refractivity contribution in [2.75, 3.05) is 17.7 Å². The lowest BCUT2D eigenvalue weighted by atomic mass is 10.2. The van der Waals surface area contributed by atoms with Crippen molar-refractivity contribution in [3.8, 4) is 17.2 Å². The summed E-state index contributed by atoms with van der Waals surface area (Å²) < 4.78 is 12.3. The first-order chi connectivity index (χ1) is 19.5. The molecule has 0 atom stereocenters. The SMILES string of the molecule is CCCc1cc(=O)n2c(C(=O)Nc3ccccc3OC)c(C(=O)Nc3ccc(Oc4ccccc4)cc3)sc2n1. The van der Waals surface area contributed by atoms with Gasteiger partial charge in [0.2, 0.25) is 0 Å². The number of fused-ring (bicyclic) bond motifs is 1. The number of benzene rings is 3. The summed E-state index contributed by atoms with van der Waals surface area (Å²) in [6.07, 6.45) is 1.40. The van der Waals surface area contributed by atoms with Gasteiger partial charge in [0.15, 0.2) is 4.96 Å². The maximum atomic E-state index is 13.6. The van der Waals surface area contributed by atoms with Crippen molar-refractivity contribution in [3.05, 3.63) is 112 Å². The van der Waals surface area contributed by atoms with E-state index >= 15 is 0 Å². The third-order valence-electron chi connectivity index (χ3n) is 5.95. The van der Waals surface area contributed by atoms with E-state index in [9.17, 15) is 14.4 Å². The van der Waals surface area contributed by atoms with Gasteiger partial charge in [0.1, 0.15) is 27.8 Å². The Hall–Kier alpha value is -4.96. The monoisotopic (exact) mass is 554 g/mol. The summed E-state index contributed by atoms with van der Waals surface area (Å²) in [7, 11) is 1.49. The third kappa shape index (κ3) is 5.71. The van der Waals surface area contributed by atoms with E-state index < -0.39 is 17.4 Å². The quantitative estimate of drug-likeness (QED) is 0.231. The number of amides is 2. The number of aromatic nitrogens is 2. The van der Waals surface area contributed by atoms with Crippen LogP contribution in [0.3, 0.4) is 0 Å². The maximum Gasteiger partial charge on any atom is 0.274 e. The molecule has 0 aliphatic rings. The fraction of sp³-hybridized carbons (Fsp3) is 0.133. The van der Waals surface area contributed by atoms with Gasteiger partial charge < -0.3 is 20.1 Å². The first-order valence-corrected chi connectivity index (χ1v) is 13.4. The van der Waals surface area contributed by atoms with Crippen molar-refractivity contribution >= 4 is 39.5 Å². The Balaban J connectivity index is 1.48. The fourth-order valence-electron chi connectivity index (χ4n) is 4.11. The summed E-state index contributed by atoms with van der Waals surface area (Å²) in [4.78, 5) is 45.1. The number of thiazole rings is 1. The smallest absolute Gasteiger partial charge is 0.274 e. The lowest BCUT2D eigenvalue weighted by molar-refractivity contribution is 0.0989. The van der Waals surface area contributed by atoms with Crippen molar-refractivity contribution in [2.24, 2.45) is 0 Å². The Bertz CT molecular complexity index is 1730. The molecule has 3 aromatic carbocycles. The van der Waals surface area contributed by atoms with Gasteiger partial charge in [-0.25, -0.2) is 9.38 Å². The normalized spacial score (nSPS) is 10.8. The highest BCUT2D eigenvalue weighted by Gasteiger charge is 2.27. The molecule has 0 radical (unpaired) electrons. The van der Waals surface area contributed by atoms with Crippen molar-refractivity contribution < 1.29 is 19.1 Å². The van der Waals surface area contributed by atoms with Crippen molar-refractivity contribution in [2.45, 2.75) is 19.8 Å². The van der Waals surface area contributed by atoms with E-state index in [4.69, 9.17) is 9.47 Å². The lowest BCUT2D eigenvalue weighted by Crippen LogP contribution is -2.25. The van der Waals surface area contributed by atoms with Crippen LogP contribution in [0.25, 0.3) is 4.96 Å². The van der Waals surface area contributed by atoms with Crippen LogP contribution in [0.5, 0.6) is 17.2 Å². The Morgan fingerprint density at radius 2 is 1.60 bits per heavy atom. The van der Waals surface area contributed by atoms with Crippen LogP contribution >= 0.6 is 11.3 Å². The van der Waals surface area contributed by atoms with Crippen molar-refractivity contribution in [1.82, 2.24) is 9.38 Å². The molecule has 0 bridgehead atoms. The minimum Gasteiger partial charge on any atom is -0.495 e. The van der Waals surface area contributed by atoms with Crippen LogP contribution in [0, 0.1) is 0 Å². The van der Waals surface area contributed by atoms with Crippen LogP contribution in [-0.2, 0) is 6.42 Å². The Labute approximate surface area is 234 Å². The van der Waals surface area contributed by atoms with Gasteiger partial charge in [0, 0.05) is 17.4 Å². The number of carbonyl (C=O) groups excluding carboxylic acids is 2. The van der Waals surface area contributed by atoms with Gasteiger partial charge in [0.25, 0.3) is 17.4 Å². The summed E-state index contributed by atoms with van der Waals surface area (Å²) >= 11 is 0.982. The Kier molecular flexibility index (Phi) is 7.88. The minimum atomic E-state index is -0.639. The Morgan fingerprint density at radius 3 is 2.33 bits per heavy atom. The van der Waals surface area contributed by atoms with Crippen LogP contribution in [0.2, 0.25) is 0 Å². The second-order valence-corrected chi connectivity index (χ2v) is 9.76. The molecule has 0 aliphatic heterocycles. The molecule has 0 spiro atoms. The molecule has 0 fully saturated rings. The second-order valence-electron chi connectivity index (χ2n) is 8.78. The molecule has 2 N–H and O–H groups in total. The first-order valence-electron chi connectivity index (χ1n) is 12.6. The van der Waals surface area contributed by atoms with Crippen LogP contribution in [0.15, 0.2) is 89.7 Å². The predicted octanol–water partition coefficient (Wildman–Crippen LogP) is 6.01. The van der Waals surface area contributed by atoms with E-state index in [0.29, 0.717) is 40.7 Å². The van der Waals surface area contributed by atoms with E-state index in [1.54, 1.807) is 48.5 Å². The van der Waals surface area contributed by atoms with E-state index in [-0.39, 0.29) is 15.5 Å². The highest BCUT2D eigenvalue weighted by molar-refractivity contribution is 7.19. The molecule has 0 aliphatic carbocycles. The second kappa shape index (κ2) is 11.8. The molecule has 0 saturated heterocycles. The number of rotatable bonds is 9. The van der Waals surface area contributed by atoms with Crippen LogP contribution in [0.1, 0.15) is 39.2 Å². The zero-order valence-corrected chi connectivity index (χ0v) is 22.7. The van der Waals surface area contributed by atoms with E-state index in [1.165, 1.54) is 17.6 Å².